The normalized spacial score (nSPS) is 18.1. The molecule has 0 N–H and O–H groups in total. The molecule has 0 heterocycles. The van der Waals surface area contributed by atoms with Crippen molar-refractivity contribution in [3.05, 3.63) is 11.6 Å². The molecule has 1 fully saturated rings. The first-order valence-corrected chi connectivity index (χ1v) is 4.68. The molecule has 1 saturated carbocycles. The highest BCUT2D eigenvalue weighted by molar-refractivity contribution is 5.79. The summed E-state index contributed by atoms with van der Waals surface area (Å²) >= 11 is 0. The number of allylic oxidation sites excluding steroid dienone is 2. The molecule has 0 saturated heterocycles. The highest BCUT2D eigenvalue weighted by atomic mass is 16.1. The van der Waals surface area contributed by atoms with E-state index in [0.29, 0.717) is 0 Å². The molecule has 0 unspecified atom stereocenters. The molecule has 0 bridgehead atoms. The van der Waals surface area contributed by atoms with Crippen LogP contribution in [0.1, 0.15) is 33.1 Å². The van der Waals surface area contributed by atoms with Crippen molar-refractivity contribution in [3.63, 3.8) is 0 Å². The minimum atomic E-state index is -0.386. The van der Waals surface area contributed by atoms with Crippen molar-refractivity contribution >= 4 is 12.6 Å². The van der Waals surface area contributed by atoms with Gasteiger partial charge >= 0.3 is 0 Å². The fourth-order valence-corrected chi connectivity index (χ4v) is 1.56. The van der Waals surface area contributed by atoms with E-state index in [2.05, 4.69) is 6.08 Å². The summed E-state index contributed by atoms with van der Waals surface area (Å²) in [6.45, 7) is 4.07. The van der Waals surface area contributed by atoms with Gasteiger partial charge in [0, 0.05) is 0 Å². The molecule has 1 aliphatic rings. The lowest BCUT2D eigenvalue weighted by Gasteiger charge is -2.14. The molecular formula is C11H16O2. The van der Waals surface area contributed by atoms with E-state index >= 15 is 0 Å². The van der Waals surface area contributed by atoms with Gasteiger partial charge < -0.3 is 9.59 Å². The largest absolute Gasteiger partial charge is 0.303 e. The average molecular weight is 180 g/mol. The number of hydrogen-bond acceptors (Lipinski definition) is 2. The van der Waals surface area contributed by atoms with Crippen molar-refractivity contribution in [2.24, 2.45) is 11.3 Å². The fourth-order valence-electron chi connectivity index (χ4n) is 1.56. The Labute approximate surface area is 79.0 Å². The summed E-state index contributed by atoms with van der Waals surface area (Å²) in [5, 5.41) is 0. The van der Waals surface area contributed by atoms with Crippen LogP contribution in [0.25, 0.3) is 0 Å². The van der Waals surface area contributed by atoms with E-state index in [1.54, 1.807) is 0 Å². The second kappa shape index (κ2) is 3.86. The van der Waals surface area contributed by atoms with Gasteiger partial charge in [0.15, 0.2) is 0 Å². The lowest BCUT2D eigenvalue weighted by molar-refractivity contribution is -0.121. The van der Waals surface area contributed by atoms with Crippen molar-refractivity contribution in [1.29, 1.82) is 0 Å². The summed E-state index contributed by atoms with van der Waals surface area (Å²) in [4.78, 5) is 21.2. The molecule has 0 aliphatic heterocycles. The van der Waals surface area contributed by atoms with Crippen molar-refractivity contribution in [1.82, 2.24) is 0 Å². The minimum Gasteiger partial charge on any atom is -0.303 e. The van der Waals surface area contributed by atoms with E-state index < -0.39 is 0 Å². The van der Waals surface area contributed by atoms with Crippen molar-refractivity contribution in [2.45, 2.75) is 33.1 Å². The Morgan fingerprint density at radius 1 is 1.31 bits per heavy atom. The predicted octanol–water partition coefficient (Wildman–Crippen LogP) is 2.14. The van der Waals surface area contributed by atoms with Crippen LogP contribution in [0.4, 0.5) is 0 Å². The van der Waals surface area contributed by atoms with E-state index in [9.17, 15) is 9.59 Å². The first kappa shape index (κ1) is 10.2. The smallest absolute Gasteiger partial charge is 0.130 e. The highest BCUT2D eigenvalue weighted by Gasteiger charge is 2.48. The third kappa shape index (κ3) is 2.27. The summed E-state index contributed by atoms with van der Waals surface area (Å²) in [6.07, 6.45) is 6.60. The van der Waals surface area contributed by atoms with Gasteiger partial charge in [-0.3, -0.25) is 0 Å². The van der Waals surface area contributed by atoms with E-state index in [0.717, 1.165) is 31.8 Å². The molecular weight excluding hydrogens is 164 g/mol. The van der Waals surface area contributed by atoms with Gasteiger partial charge in [-0.15, -0.1) is 0 Å². The molecule has 0 atom stereocenters. The van der Waals surface area contributed by atoms with Crippen molar-refractivity contribution < 1.29 is 9.59 Å². The lowest BCUT2D eigenvalue weighted by atomic mass is 9.87. The van der Waals surface area contributed by atoms with Gasteiger partial charge in [0.2, 0.25) is 0 Å². The van der Waals surface area contributed by atoms with Crippen molar-refractivity contribution in [2.75, 3.05) is 0 Å². The molecule has 0 spiro atoms. The van der Waals surface area contributed by atoms with E-state index in [1.807, 2.05) is 13.8 Å². The van der Waals surface area contributed by atoms with Gasteiger partial charge in [0.25, 0.3) is 0 Å². The number of rotatable bonds is 5. The Balaban J connectivity index is 2.60. The molecule has 1 aliphatic carbocycles. The van der Waals surface area contributed by atoms with Gasteiger partial charge in [-0.25, -0.2) is 0 Å². The Morgan fingerprint density at radius 3 is 2.15 bits per heavy atom. The predicted molar refractivity (Wildman–Crippen MR) is 51.3 cm³/mol. The maximum absolute atomic E-state index is 10.6. The minimum absolute atomic E-state index is 0.0131. The van der Waals surface area contributed by atoms with E-state index in [1.165, 1.54) is 5.57 Å². The lowest BCUT2D eigenvalue weighted by Crippen LogP contribution is -2.18. The Kier molecular flexibility index (Phi) is 3.02. The molecule has 2 heteroatoms. The number of aldehydes is 2. The van der Waals surface area contributed by atoms with Crippen LogP contribution < -0.4 is 0 Å². The van der Waals surface area contributed by atoms with Crippen LogP contribution in [0.5, 0.6) is 0 Å². The Morgan fingerprint density at radius 2 is 1.85 bits per heavy atom. The summed E-state index contributed by atoms with van der Waals surface area (Å²) in [5.74, 6) is -0.386. The monoisotopic (exact) mass is 180 g/mol. The maximum atomic E-state index is 10.6. The first-order valence-electron chi connectivity index (χ1n) is 4.68. The van der Waals surface area contributed by atoms with E-state index in [-0.39, 0.29) is 11.3 Å². The topological polar surface area (TPSA) is 34.1 Å². The van der Waals surface area contributed by atoms with Crippen LogP contribution in [0.2, 0.25) is 0 Å². The standard InChI is InChI=1S/C11H16O2/c1-9(2)3-4-11(5-6-11)10(7-12)8-13/h3,7-8,10H,4-6H2,1-2H3. The van der Waals surface area contributed by atoms with Crippen LogP contribution in [-0.2, 0) is 9.59 Å². The number of carbonyl (C=O) groups excluding carboxylic acids is 2. The molecule has 0 amide bonds. The van der Waals surface area contributed by atoms with Crippen LogP contribution in [0.3, 0.4) is 0 Å². The van der Waals surface area contributed by atoms with Gasteiger partial charge in [-0.2, -0.15) is 0 Å². The molecule has 0 aromatic carbocycles. The van der Waals surface area contributed by atoms with Crippen LogP contribution in [0.15, 0.2) is 11.6 Å². The summed E-state index contributed by atoms with van der Waals surface area (Å²) < 4.78 is 0. The third-order valence-electron chi connectivity index (χ3n) is 2.81. The zero-order valence-corrected chi connectivity index (χ0v) is 8.25. The quantitative estimate of drug-likeness (QED) is 0.369. The second-order valence-electron chi connectivity index (χ2n) is 4.15. The Bertz CT molecular complexity index is 224. The number of carbonyl (C=O) groups is 2. The fraction of sp³-hybridized carbons (Fsp3) is 0.636. The highest BCUT2D eigenvalue weighted by Crippen LogP contribution is 2.54. The Hall–Kier alpha value is -0.920. The molecule has 1 rings (SSSR count). The maximum Gasteiger partial charge on any atom is 0.130 e. The van der Waals surface area contributed by atoms with Crippen LogP contribution in [-0.4, -0.2) is 12.6 Å². The third-order valence-corrected chi connectivity index (χ3v) is 2.81. The molecule has 0 aromatic heterocycles. The van der Waals surface area contributed by atoms with Gasteiger partial charge in [0.05, 0.1) is 5.92 Å². The van der Waals surface area contributed by atoms with E-state index in [4.69, 9.17) is 0 Å². The molecule has 13 heavy (non-hydrogen) atoms. The summed E-state index contributed by atoms with van der Waals surface area (Å²) in [7, 11) is 0. The van der Waals surface area contributed by atoms with Crippen molar-refractivity contribution in [3.8, 4) is 0 Å². The van der Waals surface area contributed by atoms with Gasteiger partial charge in [-0.05, 0) is 38.5 Å². The van der Waals surface area contributed by atoms with Gasteiger partial charge in [0.1, 0.15) is 12.6 Å². The first-order chi connectivity index (χ1) is 6.14. The summed E-state index contributed by atoms with van der Waals surface area (Å²) in [6, 6.07) is 0. The zero-order valence-electron chi connectivity index (χ0n) is 8.25. The van der Waals surface area contributed by atoms with Gasteiger partial charge in [-0.1, -0.05) is 11.6 Å². The van der Waals surface area contributed by atoms with Crippen LogP contribution >= 0.6 is 0 Å². The van der Waals surface area contributed by atoms with Crippen LogP contribution in [0, 0.1) is 11.3 Å². The molecule has 0 aromatic rings. The summed E-state index contributed by atoms with van der Waals surface area (Å²) in [5.41, 5.74) is 1.24. The zero-order chi connectivity index (χ0) is 9.90. The molecule has 72 valence electrons. The SMILES string of the molecule is CC(C)=CCC1(C(C=O)C=O)CC1. The molecule has 2 nitrogen and oxygen atoms in total. The number of hydrogen-bond donors (Lipinski definition) is 0. The second-order valence-corrected chi connectivity index (χ2v) is 4.15. The average Bonchev–Trinajstić information content (AvgIpc) is 2.85. The molecule has 0 radical (unpaired) electrons.